The fourth-order valence-electron chi connectivity index (χ4n) is 3.69. The minimum atomic E-state index is -3.60. The first-order chi connectivity index (χ1) is 12.0. The molecule has 7 nitrogen and oxygen atoms in total. The van der Waals surface area contributed by atoms with Crippen LogP contribution < -0.4 is 4.74 Å². The van der Waals surface area contributed by atoms with E-state index in [4.69, 9.17) is 4.74 Å². The number of hydrogen-bond acceptors (Lipinski definition) is 5. The first-order valence-corrected chi connectivity index (χ1v) is 9.78. The molecule has 2 atom stereocenters. The molecule has 2 aliphatic rings. The molecule has 0 unspecified atom stereocenters. The van der Waals surface area contributed by atoms with Crippen molar-refractivity contribution in [3.8, 4) is 5.75 Å². The Bertz CT molecular complexity index is 893. The third kappa shape index (κ3) is 2.84. The van der Waals surface area contributed by atoms with Crippen molar-refractivity contribution in [2.75, 3.05) is 26.3 Å². The Balaban J connectivity index is 1.62. The topological polar surface area (TPSA) is 84.7 Å². The van der Waals surface area contributed by atoms with Crippen LogP contribution in [0.3, 0.4) is 0 Å². The predicted octanol–water partition coefficient (Wildman–Crippen LogP) is 0.752. The van der Waals surface area contributed by atoms with E-state index in [1.165, 1.54) is 4.31 Å². The predicted molar refractivity (Wildman–Crippen MR) is 90.9 cm³/mol. The molecule has 1 aromatic heterocycles. The molecule has 0 aliphatic carbocycles. The maximum atomic E-state index is 13.1. The van der Waals surface area contributed by atoms with Gasteiger partial charge in [-0.2, -0.15) is 9.40 Å². The highest BCUT2D eigenvalue weighted by molar-refractivity contribution is 7.89. The maximum Gasteiger partial charge on any atom is 0.243 e. The molecule has 1 fully saturated rings. The van der Waals surface area contributed by atoms with Crippen LogP contribution in [0.2, 0.25) is 0 Å². The van der Waals surface area contributed by atoms with Crippen LogP contribution in [0, 0.1) is 5.92 Å². The molecule has 1 aromatic carbocycles. The van der Waals surface area contributed by atoms with E-state index in [-0.39, 0.29) is 18.4 Å². The number of aliphatic hydroxyl groups is 1. The van der Waals surface area contributed by atoms with Gasteiger partial charge in [0.1, 0.15) is 5.75 Å². The lowest BCUT2D eigenvalue weighted by atomic mass is 9.92. The first-order valence-electron chi connectivity index (χ1n) is 8.34. The van der Waals surface area contributed by atoms with Gasteiger partial charge in [-0.25, -0.2) is 8.42 Å². The SMILES string of the molecule is Cn1cc([C@@H]2CN(S(=O)(=O)c3ccc4c(c3)CCO4)C[C@H]2CO)cn1. The lowest BCUT2D eigenvalue weighted by Gasteiger charge is -2.17. The molecule has 0 amide bonds. The average molecular weight is 363 g/mol. The van der Waals surface area contributed by atoms with Crippen molar-refractivity contribution < 1.29 is 18.3 Å². The summed E-state index contributed by atoms with van der Waals surface area (Å²) in [6, 6.07) is 5.04. The van der Waals surface area contributed by atoms with Crippen LogP contribution in [-0.2, 0) is 23.5 Å². The first kappa shape index (κ1) is 16.6. The van der Waals surface area contributed by atoms with Gasteiger partial charge in [0.25, 0.3) is 0 Å². The summed E-state index contributed by atoms with van der Waals surface area (Å²) in [6.07, 6.45) is 4.36. The van der Waals surface area contributed by atoms with Crippen LogP contribution in [0.1, 0.15) is 17.0 Å². The van der Waals surface area contributed by atoms with Crippen LogP contribution in [0.4, 0.5) is 0 Å². The third-order valence-electron chi connectivity index (χ3n) is 5.09. The molecule has 0 radical (unpaired) electrons. The van der Waals surface area contributed by atoms with E-state index in [0.717, 1.165) is 23.3 Å². The molecule has 1 saturated heterocycles. The number of benzene rings is 1. The van der Waals surface area contributed by atoms with Crippen LogP contribution in [0.15, 0.2) is 35.5 Å². The highest BCUT2D eigenvalue weighted by Gasteiger charge is 2.40. The highest BCUT2D eigenvalue weighted by Crippen LogP contribution is 2.36. The summed E-state index contributed by atoms with van der Waals surface area (Å²) in [5.41, 5.74) is 1.89. The van der Waals surface area contributed by atoms with Crippen molar-refractivity contribution in [2.24, 2.45) is 13.0 Å². The van der Waals surface area contributed by atoms with E-state index < -0.39 is 10.0 Å². The second-order valence-corrected chi connectivity index (χ2v) is 8.62. The number of aryl methyl sites for hydroxylation is 1. The molecule has 25 heavy (non-hydrogen) atoms. The van der Waals surface area contributed by atoms with Crippen molar-refractivity contribution in [3.63, 3.8) is 0 Å². The molecule has 3 heterocycles. The number of rotatable bonds is 4. The van der Waals surface area contributed by atoms with Gasteiger partial charge in [-0.15, -0.1) is 0 Å². The van der Waals surface area contributed by atoms with Crippen molar-refractivity contribution in [1.29, 1.82) is 0 Å². The van der Waals surface area contributed by atoms with E-state index in [1.807, 2.05) is 13.2 Å². The molecule has 0 spiro atoms. The molecular weight excluding hydrogens is 342 g/mol. The molecule has 134 valence electrons. The van der Waals surface area contributed by atoms with Gasteiger partial charge in [0.2, 0.25) is 10.0 Å². The number of fused-ring (bicyclic) bond motifs is 1. The van der Waals surface area contributed by atoms with Crippen molar-refractivity contribution >= 4 is 10.0 Å². The number of ether oxygens (including phenoxy) is 1. The minimum Gasteiger partial charge on any atom is -0.493 e. The van der Waals surface area contributed by atoms with Crippen LogP contribution in [0.25, 0.3) is 0 Å². The highest BCUT2D eigenvalue weighted by atomic mass is 32.2. The Morgan fingerprint density at radius 1 is 1.36 bits per heavy atom. The van der Waals surface area contributed by atoms with Gasteiger partial charge < -0.3 is 9.84 Å². The van der Waals surface area contributed by atoms with Crippen molar-refractivity contribution in [2.45, 2.75) is 17.2 Å². The average Bonchev–Trinajstić information content (AvgIpc) is 3.32. The summed E-state index contributed by atoms with van der Waals surface area (Å²) in [5.74, 6) is 0.588. The Kier molecular flexibility index (Phi) is 4.05. The van der Waals surface area contributed by atoms with Gasteiger partial charge in [0.15, 0.2) is 0 Å². The molecule has 2 aromatic rings. The number of aliphatic hydroxyl groups excluding tert-OH is 1. The lowest BCUT2D eigenvalue weighted by molar-refractivity contribution is 0.223. The van der Waals surface area contributed by atoms with E-state index >= 15 is 0 Å². The van der Waals surface area contributed by atoms with E-state index in [0.29, 0.717) is 24.6 Å². The Hall–Kier alpha value is -1.90. The monoisotopic (exact) mass is 363 g/mol. The molecule has 0 bridgehead atoms. The summed E-state index contributed by atoms with van der Waals surface area (Å²) >= 11 is 0. The fraction of sp³-hybridized carbons (Fsp3) is 0.471. The van der Waals surface area contributed by atoms with E-state index in [9.17, 15) is 13.5 Å². The smallest absolute Gasteiger partial charge is 0.243 e. The Morgan fingerprint density at radius 2 is 2.20 bits per heavy atom. The molecule has 1 N–H and O–H groups in total. The van der Waals surface area contributed by atoms with Crippen LogP contribution in [-0.4, -0.2) is 53.9 Å². The Morgan fingerprint density at radius 3 is 2.92 bits per heavy atom. The molecule has 4 rings (SSSR count). The lowest BCUT2D eigenvalue weighted by Crippen LogP contribution is -2.29. The third-order valence-corrected chi connectivity index (χ3v) is 6.92. The molecule has 8 heteroatoms. The van der Waals surface area contributed by atoms with Gasteiger partial charge >= 0.3 is 0 Å². The quantitative estimate of drug-likeness (QED) is 0.867. The summed E-state index contributed by atoms with van der Waals surface area (Å²) in [6.45, 7) is 1.21. The second-order valence-electron chi connectivity index (χ2n) is 6.69. The van der Waals surface area contributed by atoms with E-state index in [2.05, 4.69) is 5.10 Å². The van der Waals surface area contributed by atoms with Gasteiger partial charge in [-0.05, 0) is 29.3 Å². The van der Waals surface area contributed by atoms with Gasteiger partial charge in [-0.3, -0.25) is 4.68 Å². The van der Waals surface area contributed by atoms with Crippen LogP contribution >= 0.6 is 0 Å². The van der Waals surface area contributed by atoms with Gasteiger partial charge in [0.05, 0.1) is 17.7 Å². The normalized spacial score (nSPS) is 23.6. The summed E-state index contributed by atoms with van der Waals surface area (Å²) in [7, 11) is -1.77. The molecule has 0 saturated carbocycles. The second kappa shape index (κ2) is 6.12. The van der Waals surface area contributed by atoms with Crippen molar-refractivity contribution in [1.82, 2.24) is 14.1 Å². The summed E-state index contributed by atoms with van der Waals surface area (Å²) in [5, 5.41) is 13.9. The Labute approximate surface area is 146 Å². The zero-order chi connectivity index (χ0) is 17.6. The van der Waals surface area contributed by atoms with Crippen LogP contribution in [0.5, 0.6) is 5.75 Å². The van der Waals surface area contributed by atoms with Gasteiger partial charge in [-0.1, -0.05) is 0 Å². The zero-order valence-corrected chi connectivity index (χ0v) is 14.8. The number of hydrogen-bond donors (Lipinski definition) is 1. The molecular formula is C17H21N3O4S. The number of nitrogens with zero attached hydrogens (tertiary/aromatic N) is 3. The largest absolute Gasteiger partial charge is 0.493 e. The van der Waals surface area contributed by atoms with Crippen molar-refractivity contribution in [3.05, 3.63) is 41.7 Å². The fourth-order valence-corrected chi connectivity index (χ4v) is 5.27. The molecule has 2 aliphatic heterocycles. The van der Waals surface area contributed by atoms with E-state index in [1.54, 1.807) is 29.1 Å². The number of aromatic nitrogens is 2. The van der Waals surface area contributed by atoms with Gasteiger partial charge in [0, 0.05) is 51.2 Å². The maximum absolute atomic E-state index is 13.1. The number of sulfonamides is 1. The summed E-state index contributed by atoms with van der Waals surface area (Å²) < 4.78 is 34.7. The minimum absolute atomic E-state index is 0.0498. The summed E-state index contributed by atoms with van der Waals surface area (Å²) in [4.78, 5) is 0.292. The standard InChI is InChI=1S/C17H21N3O4S/c1-19-8-13(7-18-19)16-10-20(9-14(16)11-21)25(22,23)15-2-3-17-12(6-15)4-5-24-17/h2-3,6-8,14,16,21H,4-5,9-11H2,1H3/t14-,16-/m0/s1. The zero-order valence-electron chi connectivity index (χ0n) is 14.0.